The number of benzene rings is 2. The molecule has 0 bridgehead atoms. The van der Waals surface area contributed by atoms with Gasteiger partial charge in [0.05, 0.1) is 15.5 Å². The predicted molar refractivity (Wildman–Crippen MR) is 90.1 cm³/mol. The van der Waals surface area contributed by atoms with Crippen LogP contribution in [0.1, 0.15) is 5.89 Å². The summed E-state index contributed by atoms with van der Waals surface area (Å²) in [6.45, 7) is 0.154. The Morgan fingerprint density at radius 3 is 2.46 bits per heavy atom. The third-order valence-corrected chi connectivity index (χ3v) is 5.06. The summed E-state index contributed by atoms with van der Waals surface area (Å²) in [7, 11) is -3.54. The van der Waals surface area contributed by atoms with E-state index in [1.54, 1.807) is 30.3 Å². The Hall–Kier alpha value is -2.22. The molecule has 3 aromatic rings. The van der Waals surface area contributed by atoms with E-state index < -0.39 is 10.0 Å². The van der Waals surface area contributed by atoms with Crippen LogP contribution in [-0.2, 0) is 16.4 Å². The third-order valence-electron chi connectivity index (χ3n) is 3.26. The van der Waals surface area contributed by atoms with Crippen LogP contribution in [0.25, 0.3) is 11.5 Å². The molecule has 0 amide bonds. The van der Waals surface area contributed by atoms with Crippen molar-refractivity contribution in [3.8, 4) is 11.5 Å². The van der Waals surface area contributed by atoms with E-state index in [2.05, 4.69) is 14.9 Å². The van der Waals surface area contributed by atoms with Crippen LogP contribution in [-0.4, -0.2) is 25.2 Å². The Morgan fingerprint density at radius 2 is 1.71 bits per heavy atom. The van der Waals surface area contributed by atoms with Gasteiger partial charge in [0.2, 0.25) is 21.8 Å². The number of hydrogen-bond donors (Lipinski definition) is 1. The average Bonchev–Trinajstić information content (AvgIpc) is 3.04. The van der Waals surface area contributed by atoms with Gasteiger partial charge in [-0.3, -0.25) is 0 Å². The van der Waals surface area contributed by atoms with Crippen molar-refractivity contribution in [3.63, 3.8) is 0 Å². The molecule has 1 heterocycles. The molecule has 0 atom stereocenters. The quantitative estimate of drug-likeness (QED) is 0.727. The lowest BCUT2D eigenvalue weighted by Gasteiger charge is -2.04. The van der Waals surface area contributed by atoms with Crippen LogP contribution in [0.5, 0.6) is 0 Å². The minimum Gasteiger partial charge on any atom is -0.421 e. The highest BCUT2D eigenvalue weighted by molar-refractivity contribution is 7.89. The smallest absolute Gasteiger partial charge is 0.249 e. The third kappa shape index (κ3) is 3.81. The highest BCUT2D eigenvalue weighted by Gasteiger charge is 2.15. The first kappa shape index (κ1) is 16.6. The molecule has 6 nitrogen and oxygen atoms in total. The summed E-state index contributed by atoms with van der Waals surface area (Å²) >= 11 is 6.08. The van der Waals surface area contributed by atoms with Gasteiger partial charge in [-0.15, -0.1) is 10.2 Å². The molecule has 1 N–H and O–H groups in total. The summed E-state index contributed by atoms with van der Waals surface area (Å²) in [6, 6.07) is 15.3. The van der Waals surface area contributed by atoms with Crippen molar-refractivity contribution in [2.75, 3.05) is 6.54 Å². The number of nitrogens with zero attached hydrogens (tertiary/aromatic N) is 2. The van der Waals surface area contributed by atoms with E-state index in [4.69, 9.17) is 16.0 Å². The van der Waals surface area contributed by atoms with E-state index in [0.29, 0.717) is 22.4 Å². The molecule has 2 aromatic carbocycles. The minimum absolute atomic E-state index is 0.154. The van der Waals surface area contributed by atoms with E-state index in [1.165, 1.54) is 12.1 Å². The van der Waals surface area contributed by atoms with Gasteiger partial charge in [-0.25, -0.2) is 13.1 Å². The van der Waals surface area contributed by atoms with Crippen LogP contribution in [0.3, 0.4) is 0 Å². The zero-order valence-corrected chi connectivity index (χ0v) is 14.1. The standard InChI is InChI=1S/C16H14ClN3O3S/c17-14-9-5-4-8-13(14)16-20-19-15(23-16)10-11-18-24(21,22)12-6-2-1-3-7-12/h1-9,18H,10-11H2. The summed E-state index contributed by atoms with van der Waals surface area (Å²) in [6.07, 6.45) is 0.281. The fourth-order valence-corrected chi connectivity index (χ4v) is 3.34. The lowest BCUT2D eigenvalue weighted by atomic mass is 10.2. The largest absolute Gasteiger partial charge is 0.421 e. The van der Waals surface area contributed by atoms with E-state index >= 15 is 0 Å². The van der Waals surface area contributed by atoms with Gasteiger partial charge in [0, 0.05) is 13.0 Å². The second-order valence-corrected chi connectivity index (χ2v) is 7.12. The van der Waals surface area contributed by atoms with Crippen LogP contribution in [0, 0.1) is 0 Å². The van der Waals surface area contributed by atoms with Gasteiger partial charge in [-0.2, -0.15) is 0 Å². The highest BCUT2D eigenvalue weighted by atomic mass is 35.5. The van der Waals surface area contributed by atoms with Crippen molar-refractivity contribution < 1.29 is 12.8 Å². The lowest BCUT2D eigenvalue weighted by Crippen LogP contribution is -2.26. The number of nitrogens with one attached hydrogen (secondary N) is 1. The first-order valence-corrected chi connectivity index (χ1v) is 9.04. The summed E-state index contributed by atoms with van der Waals surface area (Å²) in [5.74, 6) is 0.641. The maximum atomic E-state index is 12.1. The van der Waals surface area contributed by atoms with E-state index in [0.717, 1.165) is 0 Å². The molecule has 0 aliphatic carbocycles. The number of aromatic nitrogens is 2. The Morgan fingerprint density at radius 1 is 1.00 bits per heavy atom. The van der Waals surface area contributed by atoms with Crippen molar-refractivity contribution in [2.24, 2.45) is 0 Å². The zero-order chi connectivity index (χ0) is 17.0. The molecule has 24 heavy (non-hydrogen) atoms. The van der Waals surface area contributed by atoms with Gasteiger partial charge in [0.1, 0.15) is 0 Å². The fraction of sp³-hybridized carbons (Fsp3) is 0.125. The van der Waals surface area contributed by atoms with Crippen LogP contribution in [0.4, 0.5) is 0 Å². The minimum atomic E-state index is -3.54. The summed E-state index contributed by atoms with van der Waals surface area (Å²) in [4.78, 5) is 0.215. The van der Waals surface area contributed by atoms with Crippen LogP contribution in [0.2, 0.25) is 5.02 Å². The molecule has 0 aliphatic heterocycles. The Labute approximate surface area is 144 Å². The van der Waals surface area contributed by atoms with Gasteiger partial charge in [0.25, 0.3) is 0 Å². The van der Waals surface area contributed by atoms with E-state index in [1.807, 2.05) is 12.1 Å². The molecule has 0 unspecified atom stereocenters. The Bertz CT molecular complexity index is 927. The van der Waals surface area contributed by atoms with Gasteiger partial charge < -0.3 is 4.42 Å². The van der Waals surface area contributed by atoms with Gasteiger partial charge in [-0.1, -0.05) is 41.9 Å². The molecule has 0 aliphatic rings. The maximum absolute atomic E-state index is 12.1. The summed E-state index contributed by atoms with van der Waals surface area (Å²) in [5.41, 5.74) is 0.641. The maximum Gasteiger partial charge on any atom is 0.249 e. The van der Waals surface area contributed by atoms with Crippen molar-refractivity contribution in [1.82, 2.24) is 14.9 Å². The number of halogens is 1. The number of rotatable bonds is 6. The highest BCUT2D eigenvalue weighted by Crippen LogP contribution is 2.26. The molecule has 124 valence electrons. The summed E-state index contributed by atoms with van der Waals surface area (Å²) in [5, 5.41) is 8.37. The van der Waals surface area contributed by atoms with Gasteiger partial charge in [0.15, 0.2) is 0 Å². The molecule has 1 aromatic heterocycles. The molecule has 0 saturated heterocycles. The Kier molecular flexibility index (Phi) is 4.94. The van der Waals surface area contributed by atoms with Crippen molar-refractivity contribution in [1.29, 1.82) is 0 Å². The SMILES string of the molecule is O=S(=O)(NCCc1nnc(-c2ccccc2Cl)o1)c1ccccc1. The fourth-order valence-electron chi connectivity index (χ4n) is 2.07. The van der Waals surface area contributed by atoms with E-state index in [9.17, 15) is 8.42 Å². The monoisotopic (exact) mass is 363 g/mol. The topological polar surface area (TPSA) is 85.1 Å². The predicted octanol–water partition coefficient (Wildman–Crippen LogP) is 2.91. The average molecular weight is 364 g/mol. The van der Waals surface area contributed by atoms with Crippen LogP contribution >= 0.6 is 11.6 Å². The van der Waals surface area contributed by atoms with Crippen molar-refractivity contribution >= 4 is 21.6 Å². The molecular weight excluding hydrogens is 350 g/mol. The molecule has 0 spiro atoms. The first-order valence-electron chi connectivity index (χ1n) is 7.18. The lowest BCUT2D eigenvalue weighted by molar-refractivity contribution is 0.502. The van der Waals surface area contributed by atoms with Crippen molar-refractivity contribution in [3.05, 3.63) is 65.5 Å². The van der Waals surface area contributed by atoms with Gasteiger partial charge in [-0.05, 0) is 24.3 Å². The number of sulfonamides is 1. The normalized spacial score (nSPS) is 11.5. The molecule has 0 saturated carbocycles. The molecule has 3 rings (SSSR count). The second kappa shape index (κ2) is 7.12. The number of hydrogen-bond acceptors (Lipinski definition) is 5. The van der Waals surface area contributed by atoms with Gasteiger partial charge >= 0.3 is 0 Å². The summed E-state index contributed by atoms with van der Waals surface area (Å²) < 4.78 is 32.2. The molecular formula is C16H14ClN3O3S. The first-order chi connectivity index (χ1) is 11.6. The second-order valence-electron chi connectivity index (χ2n) is 4.94. The molecule has 8 heteroatoms. The molecule has 0 fully saturated rings. The van der Waals surface area contributed by atoms with Crippen LogP contribution < -0.4 is 4.72 Å². The van der Waals surface area contributed by atoms with Crippen molar-refractivity contribution in [2.45, 2.75) is 11.3 Å². The zero-order valence-electron chi connectivity index (χ0n) is 12.5. The van der Waals surface area contributed by atoms with E-state index in [-0.39, 0.29) is 17.9 Å². The molecule has 0 radical (unpaired) electrons. The Balaban J connectivity index is 1.63. The van der Waals surface area contributed by atoms with Crippen LogP contribution in [0.15, 0.2) is 63.9 Å².